The van der Waals surface area contributed by atoms with Crippen LogP contribution in [0.5, 0.6) is 5.75 Å². The van der Waals surface area contributed by atoms with Crippen LogP contribution in [0.3, 0.4) is 0 Å². The maximum atomic E-state index is 12.1. The van der Waals surface area contributed by atoms with E-state index in [1.807, 2.05) is 31.2 Å². The molecule has 3 rings (SSSR count). The number of carbonyl (C=O) groups excluding carboxylic acids is 2. The first-order chi connectivity index (χ1) is 15.4. The van der Waals surface area contributed by atoms with E-state index in [2.05, 4.69) is 10.3 Å². The Bertz CT molecular complexity index is 1150. The summed E-state index contributed by atoms with van der Waals surface area (Å²) in [6, 6.07) is 11.3. The fraction of sp³-hybridized carbons (Fsp3) is 0.190. The number of nitro benzene ring substituents is 1. The van der Waals surface area contributed by atoms with Crippen molar-refractivity contribution in [2.75, 3.05) is 18.5 Å². The molecule has 0 fully saturated rings. The fourth-order valence-electron chi connectivity index (χ4n) is 2.71. The van der Waals surface area contributed by atoms with Gasteiger partial charge < -0.3 is 14.8 Å². The Morgan fingerprint density at radius 2 is 2.03 bits per heavy atom. The highest BCUT2D eigenvalue weighted by atomic mass is 35.5. The number of halogens is 1. The SMILES string of the molecule is CCOc1ccccc1-c1nc(CC(=O)OCC(=O)Nc2ccc(Cl)c([N+](=O)[O-])c2)cs1. The number of benzene rings is 2. The van der Waals surface area contributed by atoms with E-state index < -0.39 is 23.4 Å². The third-order valence-electron chi connectivity index (χ3n) is 4.09. The standard InChI is InChI=1S/C21H18ClN3O6S/c1-2-30-18-6-4-3-5-15(18)21-24-14(12-32-21)10-20(27)31-11-19(26)23-13-7-8-16(22)17(9-13)25(28)29/h3-9,12H,2,10-11H2,1H3,(H,23,26). The van der Waals surface area contributed by atoms with Gasteiger partial charge in [-0.15, -0.1) is 11.3 Å². The number of ether oxygens (including phenoxy) is 2. The molecule has 1 heterocycles. The first kappa shape index (κ1) is 23.2. The number of thiazole rings is 1. The first-order valence-corrected chi connectivity index (χ1v) is 10.7. The minimum Gasteiger partial charge on any atom is -0.493 e. The molecule has 0 aliphatic heterocycles. The van der Waals surface area contributed by atoms with Crippen LogP contribution in [0.1, 0.15) is 12.6 Å². The van der Waals surface area contributed by atoms with Crippen LogP contribution in [-0.4, -0.2) is 35.0 Å². The summed E-state index contributed by atoms with van der Waals surface area (Å²) >= 11 is 7.11. The van der Waals surface area contributed by atoms with Gasteiger partial charge >= 0.3 is 5.97 Å². The molecule has 0 bridgehead atoms. The van der Waals surface area contributed by atoms with Gasteiger partial charge in [-0.25, -0.2) is 4.98 Å². The molecule has 2 aromatic carbocycles. The van der Waals surface area contributed by atoms with E-state index in [4.69, 9.17) is 21.1 Å². The molecule has 0 aliphatic rings. The van der Waals surface area contributed by atoms with Crippen LogP contribution in [0.2, 0.25) is 5.02 Å². The molecule has 0 aliphatic carbocycles. The largest absolute Gasteiger partial charge is 0.493 e. The maximum Gasteiger partial charge on any atom is 0.312 e. The van der Waals surface area contributed by atoms with Crippen molar-refractivity contribution in [3.63, 3.8) is 0 Å². The predicted molar refractivity (Wildman–Crippen MR) is 120 cm³/mol. The molecule has 1 amide bonds. The summed E-state index contributed by atoms with van der Waals surface area (Å²) < 4.78 is 10.6. The molecule has 0 spiro atoms. The van der Waals surface area contributed by atoms with E-state index in [1.54, 1.807) is 5.38 Å². The lowest BCUT2D eigenvalue weighted by Gasteiger charge is -2.07. The Hall–Kier alpha value is -3.50. The second kappa shape index (κ2) is 10.7. The van der Waals surface area contributed by atoms with Crippen molar-refractivity contribution in [2.24, 2.45) is 0 Å². The monoisotopic (exact) mass is 475 g/mol. The summed E-state index contributed by atoms with van der Waals surface area (Å²) in [6.45, 7) is 1.87. The molecule has 166 valence electrons. The molecule has 1 aromatic heterocycles. The molecule has 0 saturated heterocycles. The van der Waals surface area contributed by atoms with Crippen molar-refractivity contribution in [3.8, 4) is 16.3 Å². The molecule has 11 heteroatoms. The third kappa shape index (κ3) is 6.02. The Morgan fingerprint density at radius 3 is 2.78 bits per heavy atom. The number of esters is 1. The van der Waals surface area contributed by atoms with E-state index in [0.29, 0.717) is 23.1 Å². The number of hydrogen-bond donors (Lipinski definition) is 1. The highest BCUT2D eigenvalue weighted by molar-refractivity contribution is 7.13. The lowest BCUT2D eigenvalue weighted by Crippen LogP contribution is -2.21. The number of nitrogens with zero attached hydrogens (tertiary/aromatic N) is 2. The summed E-state index contributed by atoms with van der Waals surface area (Å²) in [4.78, 5) is 38.8. The Kier molecular flexibility index (Phi) is 7.74. The van der Waals surface area contributed by atoms with Crippen LogP contribution in [0.25, 0.3) is 10.6 Å². The number of carbonyl (C=O) groups is 2. The molecule has 32 heavy (non-hydrogen) atoms. The predicted octanol–water partition coefficient (Wildman–Crippen LogP) is 4.49. The summed E-state index contributed by atoms with van der Waals surface area (Å²) in [7, 11) is 0. The van der Waals surface area contributed by atoms with Crippen molar-refractivity contribution in [3.05, 3.63) is 68.7 Å². The summed E-state index contributed by atoms with van der Waals surface area (Å²) in [5.74, 6) is -0.561. The van der Waals surface area contributed by atoms with Gasteiger partial charge in [-0.1, -0.05) is 23.7 Å². The van der Waals surface area contributed by atoms with Crippen LogP contribution in [0.15, 0.2) is 47.8 Å². The number of hydrogen-bond acceptors (Lipinski definition) is 8. The lowest BCUT2D eigenvalue weighted by atomic mass is 10.2. The highest BCUT2D eigenvalue weighted by Gasteiger charge is 2.16. The lowest BCUT2D eigenvalue weighted by molar-refractivity contribution is -0.384. The van der Waals surface area contributed by atoms with Crippen LogP contribution in [0.4, 0.5) is 11.4 Å². The Labute approximate surface area is 192 Å². The van der Waals surface area contributed by atoms with E-state index in [0.717, 1.165) is 11.6 Å². The second-order valence-corrected chi connectivity index (χ2v) is 7.65. The number of aromatic nitrogens is 1. The number of anilines is 1. The Morgan fingerprint density at radius 1 is 1.25 bits per heavy atom. The maximum absolute atomic E-state index is 12.1. The van der Waals surface area contributed by atoms with Crippen LogP contribution >= 0.6 is 22.9 Å². The Balaban J connectivity index is 1.54. The quantitative estimate of drug-likeness (QED) is 0.275. The average molecular weight is 476 g/mol. The molecule has 0 radical (unpaired) electrons. The fourth-order valence-corrected chi connectivity index (χ4v) is 3.74. The number of nitro groups is 1. The van der Waals surface area contributed by atoms with Gasteiger partial charge in [0.15, 0.2) is 6.61 Å². The molecular weight excluding hydrogens is 458 g/mol. The van der Waals surface area contributed by atoms with Gasteiger partial charge in [-0.3, -0.25) is 19.7 Å². The first-order valence-electron chi connectivity index (χ1n) is 9.43. The normalized spacial score (nSPS) is 10.4. The molecule has 0 saturated carbocycles. The summed E-state index contributed by atoms with van der Waals surface area (Å²) in [5, 5.41) is 15.7. The molecule has 9 nitrogen and oxygen atoms in total. The zero-order valence-electron chi connectivity index (χ0n) is 16.9. The van der Waals surface area contributed by atoms with E-state index in [1.165, 1.54) is 23.5 Å². The smallest absolute Gasteiger partial charge is 0.312 e. The number of para-hydroxylation sites is 1. The van der Waals surface area contributed by atoms with Gasteiger partial charge in [-0.2, -0.15) is 0 Å². The summed E-state index contributed by atoms with van der Waals surface area (Å²) in [5.41, 5.74) is 1.16. The van der Waals surface area contributed by atoms with Gasteiger partial charge in [-0.05, 0) is 31.2 Å². The van der Waals surface area contributed by atoms with Crippen molar-refractivity contribution < 1.29 is 24.0 Å². The van der Waals surface area contributed by atoms with Crippen molar-refractivity contribution in [1.82, 2.24) is 4.98 Å². The van der Waals surface area contributed by atoms with Gasteiger partial charge in [0.1, 0.15) is 15.8 Å². The highest BCUT2D eigenvalue weighted by Crippen LogP contribution is 2.32. The number of nitrogens with one attached hydrogen (secondary N) is 1. The molecule has 0 atom stereocenters. The second-order valence-electron chi connectivity index (χ2n) is 6.38. The minimum atomic E-state index is -0.660. The molecule has 0 unspecified atom stereocenters. The van der Waals surface area contributed by atoms with Gasteiger partial charge in [0.2, 0.25) is 0 Å². The van der Waals surface area contributed by atoms with Crippen molar-refractivity contribution in [2.45, 2.75) is 13.3 Å². The average Bonchev–Trinajstić information content (AvgIpc) is 3.22. The van der Waals surface area contributed by atoms with Gasteiger partial charge in [0.05, 0.1) is 29.2 Å². The van der Waals surface area contributed by atoms with Crippen molar-refractivity contribution in [1.29, 1.82) is 0 Å². The number of rotatable bonds is 9. The van der Waals surface area contributed by atoms with E-state index in [-0.39, 0.29) is 22.8 Å². The molecular formula is C21H18ClN3O6S. The number of amides is 1. The molecule has 1 N–H and O–H groups in total. The molecule has 3 aromatic rings. The van der Waals surface area contributed by atoms with Gasteiger partial charge in [0.25, 0.3) is 11.6 Å². The third-order valence-corrected chi connectivity index (χ3v) is 5.33. The van der Waals surface area contributed by atoms with Crippen LogP contribution in [-0.2, 0) is 20.7 Å². The van der Waals surface area contributed by atoms with E-state index in [9.17, 15) is 19.7 Å². The van der Waals surface area contributed by atoms with Gasteiger partial charge in [0, 0.05) is 17.1 Å². The van der Waals surface area contributed by atoms with Crippen LogP contribution in [0, 0.1) is 10.1 Å². The van der Waals surface area contributed by atoms with Crippen molar-refractivity contribution >= 4 is 46.2 Å². The summed E-state index contributed by atoms with van der Waals surface area (Å²) in [6.07, 6.45) is -0.104. The topological polar surface area (TPSA) is 121 Å². The zero-order chi connectivity index (χ0) is 23.1. The zero-order valence-corrected chi connectivity index (χ0v) is 18.4. The van der Waals surface area contributed by atoms with Crippen LogP contribution < -0.4 is 10.1 Å². The minimum absolute atomic E-state index is 0.0501. The van der Waals surface area contributed by atoms with E-state index >= 15 is 0 Å².